The van der Waals surface area contributed by atoms with E-state index in [9.17, 15) is 9.90 Å². The highest BCUT2D eigenvalue weighted by molar-refractivity contribution is 6.30. The standard InChI is InChI=1S/C17H17ClN2O2/c1-2-17-8-7-10(9-17)15-13(17)14(16(21)22)19-20(15)12-5-3-11(18)4-6-12/h3-6,10H,2,7-9H2,1H3,(H,21,22). The van der Waals surface area contributed by atoms with Crippen molar-refractivity contribution in [1.82, 2.24) is 9.78 Å². The van der Waals surface area contributed by atoms with Gasteiger partial charge >= 0.3 is 5.97 Å². The molecule has 2 aliphatic rings. The lowest BCUT2D eigenvalue weighted by Crippen LogP contribution is -2.22. The van der Waals surface area contributed by atoms with Crippen molar-refractivity contribution in [1.29, 1.82) is 0 Å². The number of carboxylic acids is 1. The van der Waals surface area contributed by atoms with E-state index < -0.39 is 5.97 Å². The van der Waals surface area contributed by atoms with Crippen molar-refractivity contribution < 1.29 is 9.90 Å². The maximum absolute atomic E-state index is 11.7. The molecule has 1 N–H and O–H groups in total. The number of hydrogen-bond acceptors (Lipinski definition) is 2. The van der Waals surface area contributed by atoms with Crippen LogP contribution in [0.4, 0.5) is 0 Å². The second kappa shape index (κ2) is 4.59. The summed E-state index contributed by atoms with van der Waals surface area (Å²) in [5.74, 6) is -0.504. The van der Waals surface area contributed by atoms with Gasteiger partial charge in [0.05, 0.1) is 11.4 Å². The average Bonchev–Trinajstić information content (AvgIpc) is 3.18. The SMILES string of the molecule is CCC12CCC(C1)c1c2c(C(=O)O)nn1-c1ccc(Cl)cc1. The van der Waals surface area contributed by atoms with Crippen molar-refractivity contribution in [2.75, 3.05) is 0 Å². The van der Waals surface area contributed by atoms with E-state index in [0.717, 1.165) is 42.6 Å². The van der Waals surface area contributed by atoms with Gasteiger partial charge in [0.25, 0.3) is 0 Å². The van der Waals surface area contributed by atoms with Crippen LogP contribution < -0.4 is 0 Å². The molecule has 2 aliphatic carbocycles. The van der Waals surface area contributed by atoms with Gasteiger partial charge < -0.3 is 5.11 Å². The number of aromatic nitrogens is 2. The molecule has 2 bridgehead atoms. The Kier molecular flexibility index (Phi) is 2.89. The quantitative estimate of drug-likeness (QED) is 0.925. The van der Waals surface area contributed by atoms with Gasteiger partial charge in [-0.25, -0.2) is 9.48 Å². The lowest BCUT2D eigenvalue weighted by atomic mass is 9.78. The molecule has 1 heterocycles. The first kappa shape index (κ1) is 13.8. The third kappa shape index (κ3) is 1.70. The summed E-state index contributed by atoms with van der Waals surface area (Å²) in [7, 11) is 0. The first-order chi connectivity index (χ1) is 10.6. The molecule has 2 aromatic rings. The topological polar surface area (TPSA) is 55.1 Å². The van der Waals surface area contributed by atoms with E-state index in [4.69, 9.17) is 11.6 Å². The number of halogens is 1. The van der Waals surface area contributed by atoms with Crippen molar-refractivity contribution in [3.8, 4) is 5.69 Å². The normalized spacial score (nSPS) is 25.5. The maximum Gasteiger partial charge on any atom is 0.356 e. The smallest absolute Gasteiger partial charge is 0.356 e. The number of benzene rings is 1. The zero-order chi connectivity index (χ0) is 15.5. The molecule has 5 heteroatoms. The van der Waals surface area contributed by atoms with E-state index in [1.54, 1.807) is 0 Å². The van der Waals surface area contributed by atoms with Crippen LogP contribution in [0.15, 0.2) is 24.3 Å². The van der Waals surface area contributed by atoms with Crippen LogP contribution in [0.2, 0.25) is 5.02 Å². The molecule has 2 unspecified atom stereocenters. The third-order valence-corrected chi connectivity index (χ3v) is 5.65. The summed E-state index contributed by atoms with van der Waals surface area (Å²) in [5, 5.41) is 14.7. The molecule has 114 valence electrons. The Balaban J connectivity index is 1.96. The van der Waals surface area contributed by atoms with Gasteiger partial charge in [0.15, 0.2) is 5.69 Å². The Labute approximate surface area is 133 Å². The molecule has 0 radical (unpaired) electrons. The molecule has 4 rings (SSSR count). The fourth-order valence-electron chi connectivity index (χ4n) is 4.34. The minimum atomic E-state index is -0.927. The maximum atomic E-state index is 11.7. The number of aromatic carboxylic acids is 1. The summed E-state index contributed by atoms with van der Waals surface area (Å²) in [4.78, 5) is 11.7. The molecular formula is C17H17ClN2O2. The van der Waals surface area contributed by atoms with Gasteiger partial charge in [0.1, 0.15) is 0 Å². The van der Waals surface area contributed by atoms with Crippen LogP contribution in [-0.2, 0) is 5.41 Å². The van der Waals surface area contributed by atoms with E-state index in [1.807, 2.05) is 28.9 Å². The van der Waals surface area contributed by atoms with E-state index >= 15 is 0 Å². The summed E-state index contributed by atoms with van der Waals surface area (Å²) in [6.07, 6.45) is 4.24. The van der Waals surface area contributed by atoms with Crippen molar-refractivity contribution in [3.63, 3.8) is 0 Å². The van der Waals surface area contributed by atoms with Crippen molar-refractivity contribution in [3.05, 3.63) is 46.2 Å². The van der Waals surface area contributed by atoms with E-state index in [-0.39, 0.29) is 11.1 Å². The molecule has 1 fully saturated rings. The Bertz CT molecular complexity index is 766. The zero-order valence-corrected chi connectivity index (χ0v) is 13.1. The number of nitrogens with zero attached hydrogens (tertiary/aromatic N) is 2. The highest BCUT2D eigenvalue weighted by Crippen LogP contribution is 2.60. The van der Waals surface area contributed by atoms with E-state index in [0.29, 0.717) is 10.9 Å². The second-order valence-corrected chi connectivity index (χ2v) is 6.81. The number of hydrogen-bond donors (Lipinski definition) is 1. The zero-order valence-electron chi connectivity index (χ0n) is 12.3. The number of rotatable bonds is 3. The summed E-state index contributed by atoms with van der Waals surface area (Å²) in [6.45, 7) is 2.16. The Hall–Kier alpha value is -1.81. The largest absolute Gasteiger partial charge is 0.476 e. The highest BCUT2D eigenvalue weighted by Gasteiger charge is 2.53. The second-order valence-electron chi connectivity index (χ2n) is 6.38. The Morgan fingerprint density at radius 1 is 1.45 bits per heavy atom. The van der Waals surface area contributed by atoms with Crippen LogP contribution >= 0.6 is 11.6 Å². The summed E-state index contributed by atoms with van der Waals surface area (Å²) < 4.78 is 1.83. The van der Waals surface area contributed by atoms with Crippen LogP contribution in [0.3, 0.4) is 0 Å². The molecule has 1 aromatic heterocycles. The van der Waals surface area contributed by atoms with Crippen LogP contribution in [-0.4, -0.2) is 20.9 Å². The molecule has 1 aromatic carbocycles. The first-order valence-electron chi connectivity index (χ1n) is 7.68. The van der Waals surface area contributed by atoms with Crippen molar-refractivity contribution in [2.45, 2.75) is 43.9 Å². The van der Waals surface area contributed by atoms with Gasteiger partial charge in [0.2, 0.25) is 0 Å². The Morgan fingerprint density at radius 2 is 2.18 bits per heavy atom. The van der Waals surface area contributed by atoms with Crippen LogP contribution in [0.1, 0.15) is 60.3 Å². The predicted octanol–water partition coefficient (Wildman–Crippen LogP) is 4.15. The lowest BCUT2D eigenvalue weighted by Gasteiger charge is -2.25. The summed E-state index contributed by atoms with van der Waals surface area (Å²) >= 11 is 5.96. The molecule has 0 aliphatic heterocycles. The van der Waals surface area contributed by atoms with Gasteiger partial charge in [0, 0.05) is 21.9 Å². The Morgan fingerprint density at radius 3 is 2.82 bits per heavy atom. The monoisotopic (exact) mass is 316 g/mol. The van der Waals surface area contributed by atoms with Gasteiger partial charge in [-0.2, -0.15) is 5.10 Å². The molecule has 0 amide bonds. The fraction of sp³-hybridized carbons (Fsp3) is 0.412. The lowest BCUT2D eigenvalue weighted by molar-refractivity contribution is 0.0686. The van der Waals surface area contributed by atoms with Crippen molar-refractivity contribution in [2.24, 2.45) is 0 Å². The molecule has 0 spiro atoms. The predicted molar refractivity (Wildman–Crippen MR) is 84.1 cm³/mol. The van der Waals surface area contributed by atoms with Crippen molar-refractivity contribution >= 4 is 17.6 Å². The van der Waals surface area contributed by atoms with Gasteiger partial charge in [-0.1, -0.05) is 18.5 Å². The highest BCUT2D eigenvalue weighted by atomic mass is 35.5. The van der Waals surface area contributed by atoms with Gasteiger partial charge in [-0.05, 0) is 49.9 Å². The van der Waals surface area contributed by atoms with E-state index in [2.05, 4.69) is 12.0 Å². The molecule has 2 atom stereocenters. The molecule has 22 heavy (non-hydrogen) atoms. The summed E-state index contributed by atoms with van der Waals surface area (Å²) in [6, 6.07) is 7.42. The molecular weight excluding hydrogens is 300 g/mol. The van der Waals surface area contributed by atoms with Gasteiger partial charge in [-0.15, -0.1) is 0 Å². The third-order valence-electron chi connectivity index (χ3n) is 5.40. The van der Waals surface area contributed by atoms with E-state index in [1.165, 1.54) is 0 Å². The minimum absolute atomic E-state index is 0.0123. The number of carboxylic acid groups (broad SMARTS) is 1. The number of carbonyl (C=O) groups is 1. The minimum Gasteiger partial charge on any atom is -0.476 e. The average molecular weight is 317 g/mol. The first-order valence-corrected chi connectivity index (χ1v) is 8.06. The fourth-order valence-corrected chi connectivity index (χ4v) is 4.47. The van der Waals surface area contributed by atoms with Gasteiger partial charge in [-0.3, -0.25) is 0 Å². The molecule has 0 saturated heterocycles. The summed E-state index contributed by atoms with van der Waals surface area (Å²) in [5.41, 5.74) is 3.21. The van der Waals surface area contributed by atoms with Crippen LogP contribution in [0.25, 0.3) is 5.69 Å². The van der Waals surface area contributed by atoms with Crippen LogP contribution in [0.5, 0.6) is 0 Å². The molecule has 4 nitrogen and oxygen atoms in total. The van der Waals surface area contributed by atoms with Crippen LogP contribution in [0, 0.1) is 0 Å². The number of fused-ring (bicyclic) bond motifs is 5. The molecule has 1 saturated carbocycles.